The standard InChI is InChI=1S/C43H28N5O.Pt/c1-45-28-46(40-21-10-9-20-39(40)45)30-14-11-15-31(24-30)49-32-22-23-35-33-16-5-8-19-38(33)48(41(35)25-32)43-26-42-36(27-44-43)34-17-6-7-18-37(34)47(42)29-12-3-2-4-13-29;/h2-23,26-28H,1H3;/q-3;. The van der Waals surface area contributed by atoms with Gasteiger partial charge in [0.1, 0.15) is 5.82 Å². The van der Waals surface area contributed by atoms with Crippen LogP contribution in [0, 0.1) is 18.8 Å². The van der Waals surface area contributed by atoms with Crippen LogP contribution in [0.3, 0.4) is 0 Å². The van der Waals surface area contributed by atoms with Crippen LogP contribution in [-0.4, -0.2) is 21.2 Å². The van der Waals surface area contributed by atoms with Gasteiger partial charge in [-0.2, -0.15) is 18.8 Å². The molecular formula is C43H28N5OPt-3. The normalized spacial score (nSPS) is 12.6. The molecular weight excluding hydrogens is 798 g/mol. The van der Waals surface area contributed by atoms with E-state index in [0.29, 0.717) is 11.5 Å². The molecule has 1 aliphatic heterocycles. The summed E-state index contributed by atoms with van der Waals surface area (Å²) >= 11 is 0. The zero-order valence-electron chi connectivity index (χ0n) is 26.9. The average molecular weight is 826 g/mol. The van der Waals surface area contributed by atoms with Gasteiger partial charge in [-0.15, -0.1) is 41.4 Å². The molecule has 0 saturated heterocycles. The van der Waals surface area contributed by atoms with Crippen molar-refractivity contribution >= 4 is 60.7 Å². The van der Waals surface area contributed by atoms with E-state index in [1.807, 2.05) is 30.5 Å². The molecule has 1 aliphatic rings. The molecule has 0 radical (unpaired) electrons. The Morgan fingerprint density at radius 2 is 1.26 bits per heavy atom. The van der Waals surface area contributed by atoms with Gasteiger partial charge in [0.25, 0.3) is 0 Å². The number of fused-ring (bicyclic) bond motifs is 7. The first-order chi connectivity index (χ1) is 24.2. The Labute approximate surface area is 303 Å². The molecule has 0 amide bonds. The average Bonchev–Trinajstić information content (AvgIpc) is 3.79. The summed E-state index contributed by atoms with van der Waals surface area (Å²) in [6.07, 6.45) is 2.00. The maximum absolute atomic E-state index is 6.47. The minimum Gasteiger partial charge on any atom is -0.509 e. The molecule has 0 aliphatic carbocycles. The molecule has 9 aromatic rings. The molecule has 0 unspecified atom stereocenters. The number of rotatable bonds is 5. The van der Waals surface area contributed by atoms with Gasteiger partial charge in [0.15, 0.2) is 0 Å². The number of aromatic nitrogens is 3. The molecule has 0 atom stereocenters. The molecule has 0 fully saturated rings. The Kier molecular flexibility index (Phi) is 7.22. The SMILES string of the molecule is CN1[CH-]N(c2[c-]c(Oc3[c-]c4c(cc3)c3ccccc3n4-c3cc4c(cn3)c3ccccc3n4-c3ccccc3)ccc2)c2ccccc21.[Pt]. The topological polar surface area (TPSA) is 38.5 Å². The number of benzene rings is 6. The van der Waals surface area contributed by atoms with Gasteiger partial charge in [-0.25, -0.2) is 4.98 Å². The second kappa shape index (κ2) is 11.9. The summed E-state index contributed by atoms with van der Waals surface area (Å²) in [4.78, 5) is 9.31. The third-order valence-corrected chi connectivity index (χ3v) is 9.39. The zero-order valence-corrected chi connectivity index (χ0v) is 29.2. The van der Waals surface area contributed by atoms with Gasteiger partial charge < -0.3 is 23.7 Å². The second-order valence-corrected chi connectivity index (χ2v) is 12.3. The number of hydrogen-bond acceptors (Lipinski definition) is 4. The molecule has 10 rings (SSSR count). The van der Waals surface area contributed by atoms with E-state index in [0.717, 1.165) is 66.8 Å². The molecule has 244 valence electrons. The van der Waals surface area contributed by atoms with E-state index in [2.05, 4.69) is 160 Å². The van der Waals surface area contributed by atoms with Crippen LogP contribution in [0.15, 0.2) is 146 Å². The van der Waals surface area contributed by atoms with E-state index >= 15 is 0 Å². The summed E-state index contributed by atoms with van der Waals surface area (Å²) in [5.74, 6) is 2.03. The van der Waals surface area contributed by atoms with Crippen molar-refractivity contribution in [2.24, 2.45) is 0 Å². The van der Waals surface area contributed by atoms with Crippen molar-refractivity contribution in [2.75, 3.05) is 16.8 Å². The molecule has 6 nitrogen and oxygen atoms in total. The molecule has 0 bridgehead atoms. The second-order valence-electron chi connectivity index (χ2n) is 12.3. The molecule has 7 heteroatoms. The number of nitrogens with zero attached hydrogens (tertiary/aromatic N) is 5. The van der Waals surface area contributed by atoms with E-state index in [9.17, 15) is 0 Å². The van der Waals surface area contributed by atoms with Crippen LogP contribution in [0.2, 0.25) is 0 Å². The fourth-order valence-electron chi connectivity index (χ4n) is 7.21. The molecule has 0 N–H and O–H groups in total. The molecule has 6 aromatic carbocycles. The van der Waals surface area contributed by atoms with Crippen molar-refractivity contribution in [1.82, 2.24) is 14.1 Å². The van der Waals surface area contributed by atoms with Gasteiger partial charge >= 0.3 is 0 Å². The molecule has 4 heterocycles. The van der Waals surface area contributed by atoms with E-state index < -0.39 is 0 Å². The number of hydrogen-bond donors (Lipinski definition) is 0. The number of anilines is 3. The fourth-order valence-corrected chi connectivity index (χ4v) is 7.21. The molecule has 0 spiro atoms. The Hall–Kier alpha value is -5.84. The van der Waals surface area contributed by atoms with Crippen LogP contribution in [0.4, 0.5) is 17.1 Å². The van der Waals surface area contributed by atoms with E-state index in [1.54, 1.807) is 0 Å². The molecule has 50 heavy (non-hydrogen) atoms. The molecule has 3 aromatic heterocycles. The van der Waals surface area contributed by atoms with Crippen LogP contribution in [-0.2, 0) is 21.1 Å². The van der Waals surface area contributed by atoms with Gasteiger partial charge in [-0.3, -0.25) is 0 Å². The van der Waals surface area contributed by atoms with Gasteiger partial charge in [0.2, 0.25) is 0 Å². The third-order valence-electron chi connectivity index (χ3n) is 9.39. The first-order valence-corrected chi connectivity index (χ1v) is 16.3. The van der Waals surface area contributed by atoms with Gasteiger partial charge in [0, 0.05) is 78.2 Å². The minimum absolute atomic E-state index is 0. The first-order valence-electron chi connectivity index (χ1n) is 16.3. The third kappa shape index (κ3) is 4.71. The Balaban J connectivity index is 0.00000336. The predicted molar refractivity (Wildman–Crippen MR) is 198 cm³/mol. The largest absolute Gasteiger partial charge is 0.509 e. The van der Waals surface area contributed by atoms with Crippen molar-refractivity contribution in [3.8, 4) is 23.0 Å². The Bertz CT molecular complexity index is 2720. The summed E-state index contributed by atoms with van der Waals surface area (Å²) in [5.41, 5.74) is 8.44. The van der Waals surface area contributed by atoms with Crippen molar-refractivity contribution in [3.05, 3.63) is 165 Å². The Morgan fingerprint density at radius 1 is 0.580 bits per heavy atom. The molecule has 0 saturated carbocycles. The van der Waals surface area contributed by atoms with Crippen LogP contribution in [0.5, 0.6) is 11.5 Å². The van der Waals surface area contributed by atoms with E-state index in [4.69, 9.17) is 9.72 Å². The zero-order chi connectivity index (χ0) is 32.5. The maximum Gasteiger partial charge on any atom is 0.137 e. The van der Waals surface area contributed by atoms with Crippen molar-refractivity contribution in [3.63, 3.8) is 0 Å². The summed E-state index contributed by atoms with van der Waals surface area (Å²) in [6.45, 7) is 2.07. The summed E-state index contributed by atoms with van der Waals surface area (Å²) in [5, 5.41) is 4.49. The van der Waals surface area contributed by atoms with Crippen molar-refractivity contribution in [1.29, 1.82) is 0 Å². The quantitative estimate of drug-likeness (QED) is 0.162. The summed E-state index contributed by atoms with van der Waals surface area (Å²) in [6, 6.07) is 55.1. The van der Waals surface area contributed by atoms with Crippen molar-refractivity contribution < 1.29 is 25.8 Å². The fraction of sp³-hybridized carbons (Fsp3) is 0.0233. The maximum atomic E-state index is 6.47. The minimum atomic E-state index is 0. The van der Waals surface area contributed by atoms with Crippen LogP contribution in [0.25, 0.3) is 55.1 Å². The smallest absolute Gasteiger partial charge is 0.137 e. The summed E-state index contributed by atoms with van der Waals surface area (Å²) < 4.78 is 11.0. The number of pyridine rings is 1. The van der Waals surface area contributed by atoms with Crippen LogP contribution < -0.4 is 14.5 Å². The van der Waals surface area contributed by atoms with E-state index in [1.165, 1.54) is 5.39 Å². The van der Waals surface area contributed by atoms with Crippen molar-refractivity contribution in [2.45, 2.75) is 0 Å². The first kappa shape index (κ1) is 30.2. The number of para-hydroxylation sites is 5. The predicted octanol–water partition coefficient (Wildman–Crippen LogP) is 10.4. The van der Waals surface area contributed by atoms with Crippen LogP contribution >= 0.6 is 0 Å². The van der Waals surface area contributed by atoms with Crippen LogP contribution in [0.1, 0.15) is 0 Å². The van der Waals surface area contributed by atoms with Gasteiger partial charge in [0.05, 0.1) is 11.0 Å². The van der Waals surface area contributed by atoms with E-state index in [-0.39, 0.29) is 21.1 Å². The number of ether oxygens (including phenoxy) is 1. The monoisotopic (exact) mass is 825 g/mol. The Morgan fingerprint density at radius 3 is 2.08 bits per heavy atom. The summed E-state index contributed by atoms with van der Waals surface area (Å²) in [7, 11) is 2.05. The van der Waals surface area contributed by atoms with Gasteiger partial charge in [-0.1, -0.05) is 72.2 Å². The van der Waals surface area contributed by atoms with Gasteiger partial charge in [-0.05, 0) is 48.8 Å².